The second-order valence-electron chi connectivity index (χ2n) is 1.43. The molecule has 0 atom stereocenters. The van der Waals surface area contributed by atoms with Crippen LogP contribution in [0.15, 0.2) is 12.8 Å². The lowest BCUT2D eigenvalue weighted by atomic mass is 10.3. The number of rotatable bonds is 5. The number of halogens is 1. The Morgan fingerprint density at radius 2 is 2.25 bits per heavy atom. The number of unbranched alkanes of at least 4 members (excludes halogenated alkanes) is 1. The molecule has 0 aromatic heterocycles. The molecule has 0 rings (SSSR count). The highest BCUT2D eigenvalue weighted by molar-refractivity contribution is 4.48. The second kappa shape index (κ2) is 6.47. The summed E-state index contributed by atoms with van der Waals surface area (Å²) in [6.45, 7) is 3.68. The molecular weight excluding hydrogens is 107 g/mol. The standard InChI is InChI=1S/C6H11FO/c1-2-8-6-4-3-5-7/h2H,1,3-6H2. The Labute approximate surface area is 49.2 Å². The Balaban J connectivity index is 2.62. The molecular formula is C6H11FO. The number of ether oxygens (including phenoxy) is 1. The Morgan fingerprint density at radius 1 is 1.50 bits per heavy atom. The van der Waals surface area contributed by atoms with Crippen LogP contribution in [0.25, 0.3) is 0 Å². The summed E-state index contributed by atoms with van der Waals surface area (Å²) < 4.78 is 16.1. The molecule has 48 valence electrons. The molecule has 1 nitrogen and oxygen atoms in total. The monoisotopic (exact) mass is 118 g/mol. The van der Waals surface area contributed by atoms with Crippen molar-refractivity contribution < 1.29 is 9.13 Å². The number of hydrogen-bond acceptors (Lipinski definition) is 1. The first kappa shape index (κ1) is 7.47. The lowest BCUT2D eigenvalue weighted by Crippen LogP contribution is -1.87. The van der Waals surface area contributed by atoms with Crippen LogP contribution in [-0.4, -0.2) is 13.3 Å². The van der Waals surface area contributed by atoms with Crippen LogP contribution in [0, 0.1) is 0 Å². The zero-order chi connectivity index (χ0) is 6.24. The van der Waals surface area contributed by atoms with E-state index in [9.17, 15) is 4.39 Å². The maximum atomic E-state index is 11.3. The molecule has 2 heteroatoms. The topological polar surface area (TPSA) is 9.23 Å². The molecule has 0 aromatic rings. The van der Waals surface area contributed by atoms with E-state index in [1.54, 1.807) is 0 Å². The van der Waals surface area contributed by atoms with Gasteiger partial charge in [0.05, 0.1) is 19.5 Å². The quantitative estimate of drug-likeness (QED) is 0.395. The largest absolute Gasteiger partial charge is 0.502 e. The highest BCUT2D eigenvalue weighted by Gasteiger charge is 1.83. The lowest BCUT2D eigenvalue weighted by molar-refractivity contribution is 0.238. The van der Waals surface area contributed by atoms with Crippen LogP contribution in [-0.2, 0) is 4.74 Å². The van der Waals surface area contributed by atoms with Crippen LogP contribution in [0.5, 0.6) is 0 Å². The molecule has 0 amide bonds. The zero-order valence-electron chi connectivity index (χ0n) is 4.90. The summed E-state index contributed by atoms with van der Waals surface area (Å²) in [5.41, 5.74) is 0. The van der Waals surface area contributed by atoms with Crippen molar-refractivity contribution in [1.82, 2.24) is 0 Å². The van der Waals surface area contributed by atoms with Gasteiger partial charge >= 0.3 is 0 Å². The van der Waals surface area contributed by atoms with Crippen LogP contribution in [0.4, 0.5) is 4.39 Å². The van der Waals surface area contributed by atoms with Gasteiger partial charge in [0.15, 0.2) is 0 Å². The fraction of sp³-hybridized carbons (Fsp3) is 0.667. The van der Waals surface area contributed by atoms with E-state index in [4.69, 9.17) is 4.74 Å². The molecule has 8 heavy (non-hydrogen) atoms. The van der Waals surface area contributed by atoms with E-state index in [1.807, 2.05) is 0 Å². The van der Waals surface area contributed by atoms with Gasteiger partial charge in [-0.2, -0.15) is 0 Å². The molecule has 0 aliphatic rings. The fourth-order valence-corrected chi connectivity index (χ4v) is 0.363. The third-order valence-electron chi connectivity index (χ3n) is 0.764. The van der Waals surface area contributed by atoms with Crippen molar-refractivity contribution in [2.24, 2.45) is 0 Å². The maximum absolute atomic E-state index is 11.3. The summed E-state index contributed by atoms with van der Waals surface area (Å²) in [5, 5.41) is 0. The summed E-state index contributed by atoms with van der Waals surface area (Å²) in [4.78, 5) is 0. The summed E-state index contributed by atoms with van der Waals surface area (Å²) in [7, 11) is 0. The molecule has 0 bridgehead atoms. The molecule has 0 heterocycles. The SMILES string of the molecule is C=COCCCCF. The second-order valence-corrected chi connectivity index (χ2v) is 1.43. The first-order valence-electron chi connectivity index (χ1n) is 2.70. The van der Waals surface area contributed by atoms with Crippen molar-refractivity contribution in [2.45, 2.75) is 12.8 Å². The third-order valence-corrected chi connectivity index (χ3v) is 0.764. The van der Waals surface area contributed by atoms with Gasteiger partial charge in [-0.1, -0.05) is 6.58 Å². The van der Waals surface area contributed by atoms with Crippen molar-refractivity contribution >= 4 is 0 Å². The van der Waals surface area contributed by atoms with Gasteiger partial charge in [0, 0.05) is 0 Å². The van der Waals surface area contributed by atoms with Gasteiger partial charge in [0.1, 0.15) is 0 Å². The number of hydrogen-bond donors (Lipinski definition) is 0. The fourth-order valence-electron chi connectivity index (χ4n) is 0.363. The third kappa shape index (κ3) is 5.47. The Morgan fingerprint density at radius 3 is 2.75 bits per heavy atom. The average molecular weight is 118 g/mol. The van der Waals surface area contributed by atoms with Gasteiger partial charge in [-0.15, -0.1) is 0 Å². The van der Waals surface area contributed by atoms with Crippen molar-refractivity contribution in [3.05, 3.63) is 12.8 Å². The predicted octanol–water partition coefficient (Wildman–Crippen LogP) is 1.90. The van der Waals surface area contributed by atoms with Gasteiger partial charge in [-0.05, 0) is 12.8 Å². The molecule has 0 saturated heterocycles. The molecule has 0 N–H and O–H groups in total. The van der Waals surface area contributed by atoms with Crippen LogP contribution in [0.1, 0.15) is 12.8 Å². The first-order chi connectivity index (χ1) is 3.91. The van der Waals surface area contributed by atoms with Crippen LogP contribution in [0.3, 0.4) is 0 Å². The summed E-state index contributed by atoms with van der Waals surface area (Å²) in [5.74, 6) is 0. The molecule has 0 unspecified atom stereocenters. The van der Waals surface area contributed by atoms with Gasteiger partial charge in [-0.3, -0.25) is 4.39 Å². The van der Waals surface area contributed by atoms with Crippen LogP contribution >= 0.6 is 0 Å². The van der Waals surface area contributed by atoms with Gasteiger partial charge in [0.25, 0.3) is 0 Å². The first-order valence-corrected chi connectivity index (χ1v) is 2.70. The van der Waals surface area contributed by atoms with E-state index in [1.165, 1.54) is 6.26 Å². The molecule has 0 aromatic carbocycles. The van der Waals surface area contributed by atoms with E-state index >= 15 is 0 Å². The maximum Gasteiger partial charge on any atom is 0.0895 e. The van der Waals surface area contributed by atoms with E-state index in [0.717, 1.165) is 6.42 Å². The van der Waals surface area contributed by atoms with E-state index in [-0.39, 0.29) is 6.67 Å². The summed E-state index contributed by atoms with van der Waals surface area (Å²) in [6, 6.07) is 0. The molecule has 0 radical (unpaired) electrons. The van der Waals surface area contributed by atoms with Crippen LogP contribution in [0.2, 0.25) is 0 Å². The zero-order valence-corrected chi connectivity index (χ0v) is 4.90. The van der Waals surface area contributed by atoms with Crippen molar-refractivity contribution in [2.75, 3.05) is 13.3 Å². The minimum atomic E-state index is -0.250. The van der Waals surface area contributed by atoms with Crippen LogP contribution < -0.4 is 0 Å². The summed E-state index contributed by atoms with van der Waals surface area (Å²) >= 11 is 0. The van der Waals surface area contributed by atoms with Crippen molar-refractivity contribution in [1.29, 1.82) is 0 Å². The van der Waals surface area contributed by atoms with E-state index in [0.29, 0.717) is 13.0 Å². The Hall–Kier alpha value is -0.530. The average Bonchev–Trinajstić information content (AvgIpc) is 1.81. The highest BCUT2D eigenvalue weighted by Crippen LogP contribution is 1.89. The molecule has 0 fully saturated rings. The van der Waals surface area contributed by atoms with Crippen molar-refractivity contribution in [3.8, 4) is 0 Å². The van der Waals surface area contributed by atoms with Gasteiger partial charge in [-0.25, -0.2) is 0 Å². The highest BCUT2D eigenvalue weighted by atomic mass is 19.1. The molecule has 0 spiro atoms. The number of alkyl halides is 1. The smallest absolute Gasteiger partial charge is 0.0895 e. The summed E-state index contributed by atoms with van der Waals surface area (Å²) in [6.07, 6.45) is 2.74. The van der Waals surface area contributed by atoms with E-state index in [2.05, 4.69) is 6.58 Å². The lowest BCUT2D eigenvalue weighted by Gasteiger charge is -1.95. The molecule has 0 saturated carbocycles. The van der Waals surface area contributed by atoms with Gasteiger partial charge < -0.3 is 4.74 Å². The Bertz CT molecular complexity index is 54.5. The van der Waals surface area contributed by atoms with Gasteiger partial charge in [0.2, 0.25) is 0 Å². The Kier molecular flexibility index (Phi) is 6.04. The predicted molar refractivity (Wildman–Crippen MR) is 31.4 cm³/mol. The minimum Gasteiger partial charge on any atom is -0.502 e. The van der Waals surface area contributed by atoms with E-state index < -0.39 is 0 Å². The normalized spacial score (nSPS) is 8.62. The van der Waals surface area contributed by atoms with Crippen molar-refractivity contribution in [3.63, 3.8) is 0 Å². The molecule has 0 aliphatic heterocycles. The molecule has 0 aliphatic carbocycles. The minimum absolute atomic E-state index is 0.250.